The van der Waals surface area contributed by atoms with E-state index in [4.69, 9.17) is 0 Å². The molecule has 63 heavy (non-hydrogen) atoms. The molecule has 0 unspecified atom stereocenters. The average Bonchev–Trinajstić information content (AvgIpc) is 3.82. The van der Waals surface area contributed by atoms with Gasteiger partial charge in [-0.2, -0.15) is 0 Å². The molecule has 0 aliphatic heterocycles. The van der Waals surface area contributed by atoms with E-state index in [1.807, 2.05) is 49.6 Å². The van der Waals surface area contributed by atoms with Gasteiger partial charge in [0.2, 0.25) is 0 Å². The van der Waals surface area contributed by atoms with Crippen molar-refractivity contribution in [1.82, 2.24) is 13.2 Å². The minimum Gasteiger partial charge on any atom is -0.310 e. The zero-order chi connectivity index (χ0) is 45.4. The van der Waals surface area contributed by atoms with E-state index in [1.165, 1.54) is 0 Å². The average molecular weight is 820 g/mol. The maximum Gasteiger partial charge on any atom is 0.191 e. The summed E-state index contributed by atoms with van der Waals surface area (Å²) in [6, 6.07) is 36.9. The summed E-state index contributed by atoms with van der Waals surface area (Å²) in [5, 5.41) is 9.53. The Kier molecular flexibility index (Phi) is 11.3. The van der Waals surface area contributed by atoms with Crippen LogP contribution in [-0.2, 0) is 0 Å². The molecule has 0 amide bonds. The Hall–Kier alpha value is -8.61. The third kappa shape index (κ3) is 7.36. The van der Waals surface area contributed by atoms with E-state index in [0.29, 0.717) is 48.3 Å². The van der Waals surface area contributed by atoms with Gasteiger partial charge in [0.1, 0.15) is 0 Å². The van der Waals surface area contributed by atoms with E-state index < -0.39 is 0 Å². The first-order valence-electron chi connectivity index (χ1n) is 19.8. The topological polar surface area (TPSA) is 64.4 Å². The predicted octanol–water partition coefficient (Wildman–Crippen LogP) is 1.97. The largest absolute Gasteiger partial charge is 0.310 e. The molecule has 306 valence electrons. The maximum absolute atomic E-state index is 13.2. The van der Waals surface area contributed by atoms with Crippen LogP contribution in [-0.4, -0.2) is 13.2 Å². The third-order valence-corrected chi connectivity index (χ3v) is 11.0. The van der Waals surface area contributed by atoms with Crippen LogP contribution in [0.1, 0.15) is 0 Å². The molecule has 0 spiro atoms. The number of rotatable bonds is 0. The molecule has 0 aliphatic rings. The second kappa shape index (κ2) is 16.8. The number of hydrogen-bond donors (Lipinski definition) is 0. The van der Waals surface area contributed by atoms with Crippen LogP contribution >= 0.6 is 0 Å². The highest BCUT2D eigenvalue weighted by Gasteiger charge is 2.23. The first kappa shape index (κ1) is 42.5. The normalized spacial score (nSPS) is 10.9. The number of hydrogen-bond acceptors (Lipinski definition) is 3. The van der Waals surface area contributed by atoms with Crippen LogP contribution in [0, 0.1) is 0 Å². The molecule has 0 saturated heterocycles. The fourth-order valence-electron chi connectivity index (χ4n) is 7.93. The highest BCUT2D eigenvalue weighted by molar-refractivity contribution is 6.34. The van der Waals surface area contributed by atoms with Gasteiger partial charge in [0, 0.05) is 95.7 Å². The van der Waals surface area contributed by atoms with Crippen LogP contribution in [0.4, 0.5) is 0 Å². The summed E-state index contributed by atoms with van der Waals surface area (Å²) in [6.07, 6.45) is 0. The lowest BCUT2D eigenvalue weighted by atomic mass is 10.0. The number of nitrogens with zero attached hydrogens (tertiary/aromatic N) is 3. The Bertz CT molecular complexity index is 3940. The van der Waals surface area contributed by atoms with Gasteiger partial charge in [0.15, 0.2) is 16.3 Å². The second-order valence-electron chi connectivity index (χ2n) is 15.1. The van der Waals surface area contributed by atoms with Crippen molar-refractivity contribution in [1.29, 1.82) is 0 Å². The van der Waals surface area contributed by atoms with Crippen molar-refractivity contribution in [3.63, 3.8) is 0 Å². The summed E-state index contributed by atoms with van der Waals surface area (Å²) in [5.74, 6) is 0. The van der Waals surface area contributed by atoms with Crippen molar-refractivity contribution >= 4 is 128 Å². The van der Waals surface area contributed by atoms with E-state index >= 15 is 0 Å². The number of benzene rings is 1. The molecule has 0 saturated carbocycles. The molecule has 0 N–H and O–H groups in total. The van der Waals surface area contributed by atoms with Crippen molar-refractivity contribution in [2.24, 2.45) is 0 Å². The third-order valence-electron chi connectivity index (χ3n) is 11.0. The standard InChI is InChI=1S/C57H45N3O3/c1-34-22-13-16-28-40(7)58-43(10)46(31-19-25-37(4)55(34)61)49-52(58)50-47-32-20-26-38(5)56(62)36(3)24-15-18-30-42(9)60(44(47)11)54(50)51-48-33-21-27-39(6)57(63)35(2)23-14-17-29-41(8)59(45(48)12)53(49)51/h13-33H,1-12H2. The minimum atomic E-state index is -0.300. The molecule has 0 fully saturated rings. The van der Waals surface area contributed by atoms with Gasteiger partial charge in [-0.1, -0.05) is 188 Å². The first-order valence-corrected chi connectivity index (χ1v) is 19.8. The summed E-state index contributed by atoms with van der Waals surface area (Å²) >= 11 is 0. The molecule has 7 aromatic rings. The summed E-state index contributed by atoms with van der Waals surface area (Å²) < 4.78 is 6.01. The van der Waals surface area contributed by atoms with Crippen molar-refractivity contribution in [3.05, 3.63) is 221 Å². The van der Waals surface area contributed by atoms with Crippen LogP contribution in [0.15, 0.2) is 142 Å². The lowest BCUT2D eigenvalue weighted by Crippen LogP contribution is -2.33. The van der Waals surface area contributed by atoms with E-state index in [-0.39, 0.29) is 47.6 Å². The smallest absolute Gasteiger partial charge is 0.191 e. The highest BCUT2D eigenvalue weighted by Crippen LogP contribution is 2.38. The van der Waals surface area contributed by atoms with Crippen molar-refractivity contribution in [2.45, 2.75) is 0 Å². The molecule has 0 atom stereocenters. The Morgan fingerprint density at radius 1 is 0.270 bits per heavy atom. The maximum atomic E-state index is 13.2. The zero-order valence-corrected chi connectivity index (χ0v) is 35.2. The van der Waals surface area contributed by atoms with Gasteiger partial charge in [0.05, 0.1) is 16.6 Å². The SMILES string of the molecule is C=c1ccccc(=C)n2c(=C)c(cccc(=C)c1=O)c1c3c(c4cccc(=C)c(=O)c(=C)ccccc(=C)n3c4=C)c3c(c4cccc(=C)c(=O)c(=C)ccccc(=C)n3c4=C)c12. The van der Waals surface area contributed by atoms with Crippen LogP contribution in [0.25, 0.3) is 128 Å². The highest BCUT2D eigenvalue weighted by atomic mass is 16.1. The van der Waals surface area contributed by atoms with Crippen molar-refractivity contribution < 1.29 is 0 Å². The lowest BCUT2D eigenvalue weighted by Gasteiger charge is -2.06. The molecule has 0 radical (unpaired) electrons. The molecular weight excluding hydrogens is 775 g/mol. The minimum absolute atomic E-state index is 0.253. The molecule has 1 aromatic carbocycles. The molecule has 6 heterocycles. The van der Waals surface area contributed by atoms with Gasteiger partial charge in [-0.15, -0.1) is 0 Å². The van der Waals surface area contributed by atoms with Crippen LogP contribution in [0.3, 0.4) is 0 Å². The summed E-state index contributed by atoms with van der Waals surface area (Å²) in [4.78, 5) is 39.6. The van der Waals surface area contributed by atoms with Gasteiger partial charge in [-0.25, -0.2) is 0 Å². The molecule has 6 heteroatoms. The van der Waals surface area contributed by atoms with Gasteiger partial charge in [-0.05, 0) is 18.2 Å². The fraction of sp³-hybridized carbons (Fsp3) is 0. The molecule has 0 aliphatic carbocycles. The Labute approximate surface area is 361 Å². The monoisotopic (exact) mass is 819 g/mol. The fourth-order valence-corrected chi connectivity index (χ4v) is 7.93. The number of aromatic nitrogens is 3. The Balaban J connectivity index is 2.08. The molecular formula is C57H45N3O3. The van der Waals surface area contributed by atoms with E-state index in [0.717, 1.165) is 32.7 Å². The molecule has 7 rings (SSSR count). The summed E-state index contributed by atoms with van der Waals surface area (Å²) in [5.41, 5.74) is 1.29. The molecule has 6 bridgehead atoms. The lowest BCUT2D eigenvalue weighted by molar-refractivity contribution is 1.11. The van der Waals surface area contributed by atoms with E-state index in [1.54, 1.807) is 91.0 Å². The van der Waals surface area contributed by atoms with E-state index in [2.05, 4.69) is 78.9 Å². The summed E-state index contributed by atoms with van der Waals surface area (Å²) in [6.45, 7) is 51.6. The van der Waals surface area contributed by atoms with Crippen molar-refractivity contribution in [2.75, 3.05) is 0 Å². The van der Waals surface area contributed by atoms with Gasteiger partial charge >= 0.3 is 0 Å². The Morgan fingerprint density at radius 2 is 0.476 bits per heavy atom. The van der Waals surface area contributed by atoms with Crippen LogP contribution in [0.5, 0.6) is 0 Å². The second-order valence-corrected chi connectivity index (χ2v) is 15.1. The quantitative estimate of drug-likeness (QED) is 0.236. The van der Waals surface area contributed by atoms with Crippen LogP contribution < -0.4 is 79.7 Å². The van der Waals surface area contributed by atoms with E-state index in [9.17, 15) is 14.4 Å². The Morgan fingerprint density at radius 3 is 0.714 bits per heavy atom. The molecule has 6 nitrogen and oxygen atoms in total. The predicted molar refractivity (Wildman–Crippen MR) is 272 cm³/mol. The summed E-state index contributed by atoms with van der Waals surface area (Å²) in [7, 11) is 0. The van der Waals surface area contributed by atoms with Gasteiger partial charge < -0.3 is 13.2 Å². The van der Waals surface area contributed by atoms with Gasteiger partial charge in [0.25, 0.3) is 0 Å². The number of fused-ring (bicyclic) bond motifs is 18. The first-order chi connectivity index (χ1) is 30.1. The van der Waals surface area contributed by atoms with Crippen molar-refractivity contribution in [3.8, 4) is 0 Å². The zero-order valence-electron chi connectivity index (χ0n) is 35.2. The van der Waals surface area contributed by atoms with Crippen LogP contribution in [0.2, 0.25) is 0 Å². The van der Waals surface area contributed by atoms with Gasteiger partial charge in [-0.3, -0.25) is 14.4 Å². The molecule has 6 aromatic heterocycles.